The predicted molar refractivity (Wildman–Crippen MR) is 36.9 cm³/mol. The number of likely N-dealkylation sites (N-methyl/N-ethyl adjacent to an activating group) is 1. The second kappa shape index (κ2) is 3.45. The van der Waals surface area contributed by atoms with Crippen molar-refractivity contribution in [3.63, 3.8) is 0 Å². The average Bonchev–Trinajstić information content (AvgIpc) is 1.64. The molecule has 0 aromatic carbocycles. The smallest absolute Gasteiger partial charge is 0.234 e. The average molecular weight is 130 g/mol. The topological polar surface area (TPSA) is 55.1 Å². The Morgan fingerprint density at radius 3 is 2.00 bits per heavy atom. The molecule has 0 fully saturated rings. The third kappa shape index (κ3) is 2.46. The number of rotatable bonds is 3. The van der Waals surface area contributed by atoms with Crippen LogP contribution in [0.1, 0.15) is 13.8 Å². The van der Waals surface area contributed by atoms with Crippen LogP contribution in [0.2, 0.25) is 0 Å². The Bertz CT molecular complexity index is 101. The Morgan fingerprint density at radius 1 is 1.56 bits per heavy atom. The van der Waals surface area contributed by atoms with E-state index in [9.17, 15) is 4.79 Å². The summed E-state index contributed by atoms with van der Waals surface area (Å²) in [5, 5.41) is 2.83. The summed E-state index contributed by atoms with van der Waals surface area (Å²) >= 11 is 0. The highest BCUT2D eigenvalue weighted by molar-refractivity contribution is 5.80. The molecule has 0 saturated heterocycles. The Hall–Kier alpha value is -0.570. The number of hydrogen-bond donors (Lipinski definition) is 2. The van der Waals surface area contributed by atoms with E-state index in [0.29, 0.717) is 0 Å². The van der Waals surface area contributed by atoms with Gasteiger partial charge in [0.2, 0.25) is 5.91 Å². The van der Waals surface area contributed by atoms with Crippen LogP contribution in [0.25, 0.3) is 0 Å². The van der Waals surface area contributed by atoms with Crippen molar-refractivity contribution < 1.29 is 4.79 Å². The van der Waals surface area contributed by atoms with Crippen LogP contribution >= 0.6 is 0 Å². The molecule has 0 radical (unpaired) electrons. The molecular formula is C6H14N2O. The minimum absolute atomic E-state index is 0.190. The van der Waals surface area contributed by atoms with Crippen LogP contribution in [0.3, 0.4) is 0 Å². The van der Waals surface area contributed by atoms with Gasteiger partial charge in [-0.2, -0.15) is 0 Å². The Kier molecular flexibility index (Phi) is 3.24. The van der Waals surface area contributed by atoms with Crippen molar-refractivity contribution in [3.05, 3.63) is 0 Å². The molecule has 3 nitrogen and oxygen atoms in total. The van der Waals surface area contributed by atoms with E-state index in [2.05, 4.69) is 5.32 Å². The van der Waals surface area contributed by atoms with Gasteiger partial charge in [-0.3, -0.25) is 4.79 Å². The van der Waals surface area contributed by atoms with Crippen LogP contribution in [0.5, 0.6) is 0 Å². The zero-order valence-electron chi connectivity index (χ0n) is 6.14. The lowest BCUT2D eigenvalue weighted by atomic mass is 10.0. The van der Waals surface area contributed by atoms with Crippen molar-refractivity contribution >= 4 is 5.91 Å². The highest BCUT2D eigenvalue weighted by Crippen LogP contribution is 1.98. The van der Waals surface area contributed by atoms with Crippen molar-refractivity contribution in [1.29, 1.82) is 0 Å². The van der Waals surface area contributed by atoms with E-state index in [1.807, 2.05) is 13.8 Å². The highest BCUT2D eigenvalue weighted by atomic mass is 16.1. The minimum atomic E-state index is -0.285. The first-order valence-corrected chi connectivity index (χ1v) is 3.06. The number of carbonyl (C=O) groups excluding carboxylic acids is 1. The Labute approximate surface area is 55.6 Å². The van der Waals surface area contributed by atoms with Crippen LogP contribution in [0.15, 0.2) is 0 Å². The number of amides is 1. The van der Waals surface area contributed by atoms with Crippen LogP contribution in [0, 0.1) is 5.92 Å². The van der Waals surface area contributed by atoms with Crippen molar-refractivity contribution in [3.8, 4) is 0 Å². The number of carbonyl (C=O) groups is 1. The summed E-state index contributed by atoms with van der Waals surface area (Å²) in [5.74, 6) is -0.0139. The van der Waals surface area contributed by atoms with E-state index in [1.165, 1.54) is 0 Å². The summed E-state index contributed by atoms with van der Waals surface area (Å²) in [6.07, 6.45) is 0. The van der Waals surface area contributed by atoms with Gasteiger partial charge in [0.05, 0.1) is 6.04 Å². The molecule has 0 aromatic rings. The molecule has 0 aliphatic heterocycles. The fourth-order valence-electron chi connectivity index (χ4n) is 0.804. The minimum Gasteiger partial charge on any atom is -0.368 e. The summed E-state index contributed by atoms with van der Waals surface area (Å²) in [6, 6.07) is -0.190. The lowest BCUT2D eigenvalue weighted by Gasteiger charge is -2.14. The number of primary amides is 1. The number of nitrogens with two attached hydrogens (primary N) is 1. The van der Waals surface area contributed by atoms with Crippen molar-refractivity contribution in [2.75, 3.05) is 7.05 Å². The van der Waals surface area contributed by atoms with Crippen LogP contribution in [0.4, 0.5) is 0 Å². The molecule has 0 bridgehead atoms. The predicted octanol–water partition coefficient (Wildman–Crippen LogP) is -0.284. The first-order valence-electron chi connectivity index (χ1n) is 3.06. The van der Waals surface area contributed by atoms with Gasteiger partial charge in [0, 0.05) is 0 Å². The molecule has 9 heavy (non-hydrogen) atoms. The lowest BCUT2D eigenvalue weighted by molar-refractivity contribution is -0.120. The highest BCUT2D eigenvalue weighted by Gasteiger charge is 2.15. The first-order chi connectivity index (χ1) is 4.09. The van der Waals surface area contributed by atoms with E-state index < -0.39 is 0 Å². The molecule has 0 aromatic heterocycles. The monoisotopic (exact) mass is 130 g/mol. The third-order valence-corrected chi connectivity index (χ3v) is 1.28. The van der Waals surface area contributed by atoms with E-state index in [4.69, 9.17) is 5.73 Å². The largest absolute Gasteiger partial charge is 0.368 e. The zero-order chi connectivity index (χ0) is 7.44. The molecule has 54 valence electrons. The van der Waals surface area contributed by atoms with Gasteiger partial charge in [-0.25, -0.2) is 0 Å². The van der Waals surface area contributed by atoms with E-state index in [-0.39, 0.29) is 17.9 Å². The van der Waals surface area contributed by atoms with Crippen LogP contribution < -0.4 is 11.1 Å². The standard InChI is InChI=1S/C6H14N2O/c1-4(2)5(8-3)6(7)9/h4-5,8H,1-3H3,(H2,7,9)/t5-/m1/s1. The van der Waals surface area contributed by atoms with Gasteiger partial charge >= 0.3 is 0 Å². The fraction of sp³-hybridized carbons (Fsp3) is 0.833. The summed E-state index contributed by atoms with van der Waals surface area (Å²) in [7, 11) is 1.73. The molecule has 0 rings (SSSR count). The maximum atomic E-state index is 10.5. The summed E-state index contributed by atoms with van der Waals surface area (Å²) in [4.78, 5) is 10.5. The number of hydrogen-bond acceptors (Lipinski definition) is 2. The molecule has 1 atom stereocenters. The molecule has 0 heterocycles. The molecule has 1 amide bonds. The zero-order valence-corrected chi connectivity index (χ0v) is 6.14. The fourth-order valence-corrected chi connectivity index (χ4v) is 0.804. The van der Waals surface area contributed by atoms with Gasteiger partial charge in [0.25, 0.3) is 0 Å². The summed E-state index contributed by atoms with van der Waals surface area (Å²) < 4.78 is 0. The summed E-state index contributed by atoms with van der Waals surface area (Å²) in [5.41, 5.74) is 5.05. The van der Waals surface area contributed by atoms with Gasteiger partial charge < -0.3 is 11.1 Å². The molecule has 3 N–H and O–H groups in total. The van der Waals surface area contributed by atoms with E-state index in [1.54, 1.807) is 7.05 Å². The van der Waals surface area contributed by atoms with Crippen LogP contribution in [-0.2, 0) is 4.79 Å². The van der Waals surface area contributed by atoms with Crippen molar-refractivity contribution in [2.24, 2.45) is 11.7 Å². The molecule has 0 unspecified atom stereocenters. The van der Waals surface area contributed by atoms with E-state index in [0.717, 1.165) is 0 Å². The van der Waals surface area contributed by atoms with Crippen molar-refractivity contribution in [1.82, 2.24) is 5.32 Å². The Balaban J connectivity index is 3.83. The van der Waals surface area contributed by atoms with Gasteiger partial charge in [-0.1, -0.05) is 13.8 Å². The molecule has 3 heteroatoms. The Morgan fingerprint density at radius 2 is 2.00 bits per heavy atom. The lowest BCUT2D eigenvalue weighted by Crippen LogP contribution is -2.42. The van der Waals surface area contributed by atoms with Gasteiger partial charge in [0.15, 0.2) is 0 Å². The maximum Gasteiger partial charge on any atom is 0.234 e. The van der Waals surface area contributed by atoms with Crippen LogP contribution in [-0.4, -0.2) is 19.0 Å². The maximum absolute atomic E-state index is 10.5. The van der Waals surface area contributed by atoms with Gasteiger partial charge in [-0.05, 0) is 13.0 Å². The SMILES string of the molecule is CN[C@@H](C(N)=O)C(C)C. The van der Waals surface area contributed by atoms with Gasteiger partial charge in [0.1, 0.15) is 0 Å². The molecule has 0 saturated carbocycles. The molecular weight excluding hydrogens is 116 g/mol. The second-order valence-electron chi connectivity index (χ2n) is 2.41. The summed E-state index contributed by atoms with van der Waals surface area (Å²) in [6.45, 7) is 3.90. The molecule has 0 aliphatic carbocycles. The van der Waals surface area contributed by atoms with Crippen molar-refractivity contribution in [2.45, 2.75) is 19.9 Å². The molecule has 0 spiro atoms. The number of nitrogens with one attached hydrogen (secondary N) is 1. The molecule has 0 aliphatic rings. The quantitative estimate of drug-likeness (QED) is 0.552. The van der Waals surface area contributed by atoms with Gasteiger partial charge in [-0.15, -0.1) is 0 Å². The second-order valence-corrected chi connectivity index (χ2v) is 2.41. The normalized spacial score (nSPS) is 13.8. The third-order valence-electron chi connectivity index (χ3n) is 1.28. The first kappa shape index (κ1) is 8.43. The van der Waals surface area contributed by atoms with E-state index >= 15 is 0 Å².